The fraction of sp³-hybridized carbons (Fsp3) is 0.568. The predicted molar refractivity (Wildman–Crippen MR) is 184 cm³/mol. The normalized spacial score (nSPS) is 33.1. The molecule has 2 aromatic rings. The molecule has 8 rings (SSSR count). The highest BCUT2D eigenvalue weighted by Crippen LogP contribution is 2.53. The van der Waals surface area contributed by atoms with Gasteiger partial charge in [0.25, 0.3) is 5.91 Å². The number of aliphatic hydroxyl groups is 1. The number of fused-ring (bicyclic) bond motifs is 6. The number of carbonyl (C=O) groups is 4. The van der Waals surface area contributed by atoms with Crippen molar-refractivity contribution < 1.29 is 62.9 Å². The van der Waals surface area contributed by atoms with Gasteiger partial charge in [-0.15, -0.1) is 0 Å². The first-order valence-electron chi connectivity index (χ1n) is 18.2. The molecule has 6 aliphatic rings. The van der Waals surface area contributed by atoms with E-state index in [1.165, 1.54) is 37.3 Å². The van der Waals surface area contributed by atoms with Crippen LogP contribution in [0.5, 0.6) is 17.2 Å². The molecule has 9 atom stereocenters. The van der Waals surface area contributed by atoms with Gasteiger partial charge in [-0.25, -0.2) is 0 Å². The van der Waals surface area contributed by atoms with Crippen LogP contribution in [0.25, 0.3) is 0 Å². The number of aromatic hydroxyl groups is 2. The van der Waals surface area contributed by atoms with Crippen LogP contribution in [0.1, 0.15) is 75.3 Å². The number of rotatable bonds is 8. The highest BCUT2D eigenvalue weighted by Gasteiger charge is 2.55. The lowest BCUT2D eigenvalue weighted by atomic mass is 9.72. The van der Waals surface area contributed by atoms with Crippen LogP contribution in [-0.2, 0) is 39.7 Å². The Hall–Kier alpha value is -4.20. The van der Waals surface area contributed by atoms with E-state index in [9.17, 15) is 34.5 Å². The smallest absolute Gasteiger partial charge is 0.252 e. The van der Waals surface area contributed by atoms with E-state index in [0.29, 0.717) is 26.1 Å². The second-order valence-electron chi connectivity index (χ2n) is 14.7. The average molecular weight is 753 g/mol. The van der Waals surface area contributed by atoms with Crippen LogP contribution in [0.4, 0.5) is 0 Å². The first kappa shape index (κ1) is 36.8. The number of ether oxygens (including phenoxy) is 6. The summed E-state index contributed by atoms with van der Waals surface area (Å²) in [4.78, 5) is 57.9. The third kappa shape index (κ3) is 5.76. The molecule has 0 spiro atoms. The van der Waals surface area contributed by atoms with Crippen molar-refractivity contribution in [2.45, 2.75) is 87.4 Å². The van der Waals surface area contributed by atoms with Gasteiger partial charge in [0.2, 0.25) is 11.7 Å². The number of ketones is 2. The Kier molecular flexibility index (Phi) is 9.41. The van der Waals surface area contributed by atoms with Crippen LogP contribution in [0, 0.1) is 0 Å². The van der Waals surface area contributed by atoms with Crippen LogP contribution in [0.2, 0.25) is 0 Å². The van der Waals surface area contributed by atoms with Gasteiger partial charge in [0, 0.05) is 75.3 Å². The number of phenols is 2. The predicted octanol–water partition coefficient (Wildman–Crippen LogP) is -0.174. The minimum absolute atomic E-state index is 0.000508. The minimum Gasteiger partial charge on any atom is -0.507 e. The first-order valence-corrected chi connectivity index (χ1v) is 18.2. The van der Waals surface area contributed by atoms with E-state index in [1.807, 2.05) is 6.92 Å². The summed E-state index contributed by atoms with van der Waals surface area (Å²) in [6.45, 7) is 3.41. The van der Waals surface area contributed by atoms with Gasteiger partial charge in [-0.1, -0.05) is 12.1 Å². The number of nitrogens with zero attached hydrogens (tertiary/aromatic N) is 2. The molecule has 2 amide bonds. The summed E-state index contributed by atoms with van der Waals surface area (Å²) in [5.41, 5.74) is 2.42. The third-order valence-electron chi connectivity index (χ3n) is 11.6. The molecule has 17 nitrogen and oxygen atoms in total. The van der Waals surface area contributed by atoms with Crippen molar-refractivity contribution in [1.82, 2.24) is 15.1 Å². The SMILES string of the molecule is COc1cccc2c1C(=O)c1c(O)c3c(c(O)c1C2=O)C[C@@](O)(C(=O)NCCN1CCC(N)C1=O)C[C@@H]3O[C@H]1C[C@H]2[C@H](O[C@@H]3[C@@H](OC)OCCN32)[C@H](C)O1. The maximum absolute atomic E-state index is 14.1. The van der Waals surface area contributed by atoms with Gasteiger partial charge in [-0.05, 0) is 19.4 Å². The van der Waals surface area contributed by atoms with Gasteiger partial charge in [-0.3, -0.25) is 24.1 Å². The molecule has 6 N–H and O–H groups in total. The molecule has 0 radical (unpaired) electrons. The second-order valence-corrected chi connectivity index (χ2v) is 14.7. The van der Waals surface area contributed by atoms with Crippen LogP contribution in [0.15, 0.2) is 18.2 Å². The lowest BCUT2D eigenvalue weighted by Crippen LogP contribution is -2.55. The maximum Gasteiger partial charge on any atom is 0.252 e. The van der Waals surface area contributed by atoms with E-state index in [-0.39, 0.29) is 65.6 Å². The molecule has 17 heteroatoms. The van der Waals surface area contributed by atoms with Gasteiger partial charge in [0.05, 0.1) is 48.7 Å². The van der Waals surface area contributed by atoms with Crippen molar-refractivity contribution in [2.24, 2.45) is 5.73 Å². The van der Waals surface area contributed by atoms with E-state index < -0.39 is 95.6 Å². The number of morpholine rings is 1. The van der Waals surface area contributed by atoms with Gasteiger partial charge < -0.3 is 59.7 Å². The molecule has 4 fully saturated rings. The zero-order valence-corrected chi connectivity index (χ0v) is 30.1. The quantitative estimate of drug-likeness (QED) is 0.188. The zero-order valence-electron chi connectivity index (χ0n) is 30.1. The summed E-state index contributed by atoms with van der Waals surface area (Å²) in [5, 5.41) is 38.6. The lowest BCUT2D eigenvalue weighted by Gasteiger charge is -2.43. The average Bonchev–Trinajstić information content (AvgIpc) is 3.70. The van der Waals surface area contributed by atoms with Gasteiger partial charge >= 0.3 is 0 Å². The molecule has 4 saturated heterocycles. The number of carbonyl (C=O) groups excluding carboxylic acids is 4. The molecule has 1 unspecified atom stereocenters. The fourth-order valence-electron chi connectivity index (χ4n) is 8.96. The molecule has 4 aliphatic heterocycles. The summed E-state index contributed by atoms with van der Waals surface area (Å²) >= 11 is 0. The second kappa shape index (κ2) is 13.8. The van der Waals surface area contributed by atoms with Gasteiger partial charge in [0.15, 0.2) is 24.6 Å². The minimum atomic E-state index is -2.23. The van der Waals surface area contributed by atoms with Crippen molar-refractivity contribution in [3.05, 3.63) is 51.6 Å². The van der Waals surface area contributed by atoms with E-state index >= 15 is 0 Å². The van der Waals surface area contributed by atoms with E-state index in [1.54, 1.807) is 0 Å². The number of nitrogens with one attached hydrogen (secondary N) is 1. The molecular weight excluding hydrogens is 708 g/mol. The summed E-state index contributed by atoms with van der Waals surface area (Å²) in [6.07, 6.45) is -4.38. The van der Waals surface area contributed by atoms with Crippen molar-refractivity contribution in [3.8, 4) is 17.2 Å². The number of likely N-dealkylation sites (tertiary alicyclic amines) is 1. The molecule has 54 heavy (non-hydrogen) atoms. The Balaban J connectivity index is 1.14. The zero-order chi connectivity index (χ0) is 38.2. The molecular formula is C37H44N4O13. The number of methoxy groups -OCH3 is 2. The van der Waals surface area contributed by atoms with E-state index in [4.69, 9.17) is 34.2 Å². The number of amides is 2. The molecule has 0 aromatic heterocycles. The molecule has 0 bridgehead atoms. The largest absolute Gasteiger partial charge is 0.507 e. The first-order chi connectivity index (χ1) is 25.9. The number of benzene rings is 2. The standard InChI is InChI=1S/C37H44N4O13/c1-16-32-20(41-11-12-51-35(50-3)34(41)54-32)13-23(52-16)53-22-15-37(48,36(47)39-8-10-40-9-7-19(38)33(40)46)14-18-25(22)31(45)27-26(29(18)43)28(42)17-5-4-6-21(49-2)24(17)30(27)44/h4-6,16,19-20,22-23,32,34-35,43,45,48H,7-15,38H2,1-3H3,(H,39,47)/t16-,19?,20-,22-,23-,32+,34+,35-,37-/m0/s1. The number of hydrogen-bond donors (Lipinski definition) is 5. The highest BCUT2D eigenvalue weighted by molar-refractivity contribution is 6.31. The Morgan fingerprint density at radius 2 is 1.85 bits per heavy atom. The van der Waals surface area contributed by atoms with Gasteiger partial charge in [-0.2, -0.15) is 0 Å². The van der Waals surface area contributed by atoms with E-state index in [2.05, 4.69) is 10.2 Å². The van der Waals surface area contributed by atoms with Crippen LogP contribution in [-0.4, -0.2) is 144 Å². The Bertz CT molecular complexity index is 1910. The summed E-state index contributed by atoms with van der Waals surface area (Å²) < 4.78 is 35.8. The lowest BCUT2D eigenvalue weighted by molar-refractivity contribution is -0.256. The van der Waals surface area contributed by atoms with Crippen molar-refractivity contribution in [1.29, 1.82) is 0 Å². The summed E-state index contributed by atoms with van der Waals surface area (Å²) in [5.74, 6) is -3.72. The fourth-order valence-corrected chi connectivity index (χ4v) is 8.96. The molecule has 2 aromatic carbocycles. The third-order valence-corrected chi connectivity index (χ3v) is 11.6. The highest BCUT2D eigenvalue weighted by atomic mass is 16.7. The molecule has 4 heterocycles. The van der Waals surface area contributed by atoms with Crippen LogP contribution < -0.4 is 15.8 Å². The maximum atomic E-state index is 14.1. The Morgan fingerprint density at radius 1 is 1.07 bits per heavy atom. The van der Waals surface area contributed by atoms with Crippen LogP contribution >= 0.6 is 0 Å². The number of nitrogens with two attached hydrogens (primary N) is 1. The topological polar surface area (TPSA) is 229 Å². The Labute approximate surface area is 310 Å². The van der Waals surface area contributed by atoms with E-state index in [0.717, 1.165) is 0 Å². The van der Waals surface area contributed by atoms with Crippen molar-refractivity contribution >= 4 is 23.4 Å². The van der Waals surface area contributed by atoms with Crippen molar-refractivity contribution in [2.75, 3.05) is 47.0 Å². The molecule has 0 saturated carbocycles. The van der Waals surface area contributed by atoms with Crippen molar-refractivity contribution in [3.63, 3.8) is 0 Å². The van der Waals surface area contributed by atoms with Crippen LogP contribution in [0.3, 0.4) is 0 Å². The number of phenolic OH excluding ortho intramolecular Hbond substituents is 2. The summed E-state index contributed by atoms with van der Waals surface area (Å²) in [7, 11) is 2.89. The number of hydrogen-bond acceptors (Lipinski definition) is 15. The van der Waals surface area contributed by atoms with Gasteiger partial charge in [0.1, 0.15) is 29.0 Å². The Morgan fingerprint density at radius 3 is 2.57 bits per heavy atom. The summed E-state index contributed by atoms with van der Waals surface area (Å²) in [6, 6.07) is 3.66. The molecule has 290 valence electrons. The monoisotopic (exact) mass is 752 g/mol. The molecule has 2 aliphatic carbocycles.